The summed E-state index contributed by atoms with van der Waals surface area (Å²) in [6.45, 7) is 3.15. The number of hydrazine groups is 1. The Kier molecular flexibility index (Phi) is 7.98. The van der Waals surface area contributed by atoms with Crippen molar-refractivity contribution in [3.8, 4) is 0 Å². The van der Waals surface area contributed by atoms with E-state index in [0.717, 1.165) is 25.1 Å². The van der Waals surface area contributed by atoms with Crippen molar-refractivity contribution in [2.45, 2.75) is 45.4 Å². The van der Waals surface area contributed by atoms with Crippen LogP contribution < -0.4 is 10.9 Å². The molecule has 1 aromatic carbocycles. The molecule has 0 fully saturated rings. The van der Waals surface area contributed by atoms with Crippen LogP contribution in [0.4, 0.5) is 5.69 Å². The molecule has 0 amide bonds. The summed E-state index contributed by atoms with van der Waals surface area (Å²) in [5.74, 6) is 5.98. The first-order valence-electron chi connectivity index (χ1n) is 7.07. The molecule has 0 saturated carbocycles. The molecule has 0 aromatic heterocycles. The van der Waals surface area contributed by atoms with Gasteiger partial charge in [0.2, 0.25) is 0 Å². The van der Waals surface area contributed by atoms with Crippen molar-refractivity contribution in [1.29, 1.82) is 0 Å². The van der Waals surface area contributed by atoms with Crippen LogP contribution in [0.5, 0.6) is 0 Å². The van der Waals surface area contributed by atoms with Gasteiger partial charge in [-0.25, -0.2) is 5.84 Å². The topological polar surface area (TPSA) is 29.3 Å². The lowest BCUT2D eigenvalue weighted by Gasteiger charge is -2.17. The van der Waals surface area contributed by atoms with Gasteiger partial charge in [-0.1, -0.05) is 50.1 Å². The van der Waals surface area contributed by atoms with E-state index in [-0.39, 0.29) is 0 Å². The SMILES string of the molecule is CCCCCC=CCCCN(N)c1ccccc1. The number of nitrogens with zero attached hydrogens (tertiary/aromatic N) is 1. The Morgan fingerprint density at radius 2 is 1.67 bits per heavy atom. The van der Waals surface area contributed by atoms with Crippen molar-refractivity contribution in [2.24, 2.45) is 5.84 Å². The molecule has 2 nitrogen and oxygen atoms in total. The number of nitrogens with two attached hydrogens (primary N) is 1. The van der Waals surface area contributed by atoms with Crippen LogP contribution in [-0.4, -0.2) is 6.54 Å². The van der Waals surface area contributed by atoms with E-state index >= 15 is 0 Å². The molecule has 0 saturated heterocycles. The van der Waals surface area contributed by atoms with Gasteiger partial charge in [0.15, 0.2) is 0 Å². The Morgan fingerprint density at radius 3 is 2.33 bits per heavy atom. The van der Waals surface area contributed by atoms with Gasteiger partial charge in [-0.05, 0) is 37.8 Å². The van der Waals surface area contributed by atoms with Gasteiger partial charge in [0.05, 0.1) is 5.69 Å². The number of unbranched alkanes of at least 4 members (excludes halogenated alkanes) is 4. The van der Waals surface area contributed by atoms with Crippen molar-refractivity contribution >= 4 is 5.69 Å². The molecule has 0 spiro atoms. The van der Waals surface area contributed by atoms with Gasteiger partial charge in [-0.15, -0.1) is 0 Å². The van der Waals surface area contributed by atoms with Crippen LogP contribution >= 0.6 is 0 Å². The Morgan fingerprint density at radius 1 is 1.00 bits per heavy atom. The number of allylic oxidation sites excluding steroid dienone is 2. The number of hydrogen-bond acceptors (Lipinski definition) is 2. The van der Waals surface area contributed by atoms with Gasteiger partial charge in [0.25, 0.3) is 0 Å². The standard InChI is InChI=1S/C16H26N2/c1-2-3-4-5-6-7-8-12-15-18(17)16-13-10-9-11-14-16/h6-7,9-11,13-14H,2-5,8,12,15,17H2,1H3. The molecule has 0 atom stereocenters. The van der Waals surface area contributed by atoms with Gasteiger partial charge in [-0.3, -0.25) is 0 Å². The minimum atomic E-state index is 0.906. The molecule has 0 aliphatic carbocycles. The van der Waals surface area contributed by atoms with Crippen LogP contribution in [0.1, 0.15) is 45.4 Å². The first-order valence-corrected chi connectivity index (χ1v) is 7.07. The van der Waals surface area contributed by atoms with Crippen LogP contribution in [0.15, 0.2) is 42.5 Å². The Balaban J connectivity index is 2.07. The first-order chi connectivity index (χ1) is 8.84. The summed E-state index contributed by atoms with van der Waals surface area (Å²) in [4.78, 5) is 0. The normalized spacial score (nSPS) is 11.0. The lowest BCUT2D eigenvalue weighted by Crippen LogP contribution is -2.31. The number of anilines is 1. The predicted octanol–water partition coefficient (Wildman–Crippen LogP) is 4.28. The quantitative estimate of drug-likeness (QED) is 0.305. The number of rotatable bonds is 9. The molecule has 2 heteroatoms. The number of benzene rings is 1. The molecule has 0 unspecified atom stereocenters. The fourth-order valence-corrected chi connectivity index (χ4v) is 1.88. The van der Waals surface area contributed by atoms with E-state index in [1.54, 1.807) is 0 Å². The van der Waals surface area contributed by atoms with Gasteiger partial charge < -0.3 is 5.01 Å². The Labute approximate surface area is 111 Å². The molecule has 0 heterocycles. The largest absolute Gasteiger partial charge is 0.311 e. The average Bonchev–Trinajstić information content (AvgIpc) is 2.42. The molecule has 0 radical (unpaired) electrons. The van der Waals surface area contributed by atoms with Crippen molar-refractivity contribution in [2.75, 3.05) is 11.6 Å². The Hall–Kier alpha value is -1.28. The second kappa shape index (κ2) is 9.72. The number of para-hydroxylation sites is 1. The van der Waals surface area contributed by atoms with E-state index in [0.29, 0.717) is 0 Å². The van der Waals surface area contributed by atoms with Crippen molar-refractivity contribution < 1.29 is 0 Å². The molecule has 0 aliphatic rings. The summed E-state index contributed by atoms with van der Waals surface area (Å²) >= 11 is 0. The highest BCUT2D eigenvalue weighted by atomic mass is 15.4. The van der Waals surface area contributed by atoms with Crippen molar-refractivity contribution in [1.82, 2.24) is 0 Å². The zero-order valence-electron chi connectivity index (χ0n) is 11.5. The molecule has 100 valence electrons. The van der Waals surface area contributed by atoms with Crippen LogP contribution in [0.3, 0.4) is 0 Å². The summed E-state index contributed by atoms with van der Waals surface area (Å²) in [5, 5.41) is 1.82. The summed E-state index contributed by atoms with van der Waals surface area (Å²) in [6.07, 6.45) is 12.0. The van der Waals surface area contributed by atoms with Crippen molar-refractivity contribution in [3.63, 3.8) is 0 Å². The zero-order valence-corrected chi connectivity index (χ0v) is 11.5. The van der Waals surface area contributed by atoms with Crippen LogP contribution in [0.2, 0.25) is 0 Å². The van der Waals surface area contributed by atoms with E-state index in [1.165, 1.54) is 25.7 Å². The molecule has 0 bridgehead atoms. The van der Waals surface area contributed by atoms with Crippen LogP contribution in [0, 0.1) is 0 Å². The molecule has 0 aliphatic heterocycles. The highest BCUT2D eigenvalue weighted by molar-refractivity contribution is 5.43. The lowest BCUT2D eigenvalue weighted by atomic mass is 10.2. The van der Waals surface area contributed by atoms with Gasteiger partial charge in [-0.2, -0.15) is 0 Å². The molecular weight excluding hydrogens is 220 g/mol. The van der Waals surface area contributed by atoms with Crippen LogP contribution in [0.25, 0.3) is 0 Å². The van der Waals surface area contributed by atoms with E-state index in [4.69, 9.17) is 5.84 Å². The van der Waals surface area contributed by atoms with E-state index in [9.17, 15) is 0 Å². The third kappa shape index (κ3) is 6.45. The second-order valence-electron chi connectivity index (χ2n) is 4.64. The minimum absolute atomic E-state index is 0.906. The highest BCUT2D eigenvalue weighted by Crippen LogP contribution is 2.10. The summed E-state index contributed by atoms with van der Waals surface area (Å²) in [5.41, 5.74) is 1.09. The van der Waals surface area contributed by atoms with Crippen molar-refractivity contribution in [3.05, 3.63) is 42.5 Å². The molecule has 18 heavy (non-hydrogen) atoms. The molecular formula is C16H26N2. The summed E-state index contributed by atoms with van der Waals surface area (Å²) < 4.78 is 0. The second-order valence-corrected chi connectivity index (χ2v) is 4.64. The van der Waals surface area contributed by atoms with Gasteiger partial charge in [0, 0.05) is 6.54 Å². The van der Waals surface area contributed by atoms with Gasteiger partial charge in [0.1, 0.15) is 0 Å². The fraction of sp³-hybridized carbons (Fsp3) is 0.500. The third-order valence-corrected chi connectivity index (χ3v) is 3.00. The molecule has 2 N–H and O–H groups in total. The first kappa shape index (κ1) is 14.8. The Bertz CT molecular complexity index is 319. The smallest absolute Gasteiger partial charge is 0.0517 e. The predicted molar refractivity (Wildman–Crippen MR) is 80.5 cm³/mol. The highest BCUT2D eigenvalue weighted by Gasteiger charge is 1.98. The van der Waals surface area contributed by atoms with E-state index < -0.39 is 0 Å². The van der Waals surface area contributed by atoms with E-state index in [1.807, 2.05) is 35.3 Å². The summed E-state index contributed by atoms with van der Waals surface area (Å²) in [7, 11) is 0. The average molecular weight is 246 g/mol. The molecule has 1 aromatic rings. The maximum atomic E-state index is 5.98. The van der Waals surface area contributed by atoms with Crippen LogP contribution in [-0.2, 0) is 0 Å². The zero-order chi connectivity index (χ0) is 13.1. The third-order valence-electron chi connectivity index (χ3n) is 3.00. The monoisotopic (exact) mass is 246 g/mol. The van der Waals surface area contributed by atoms with Gasteiger partial charge >= 0.3 is 0 Å². The molecule has 1 rings (SSSR count). The number of hydrogen-bond donors (Lipinski definition) is 1. The maximum Gasteiger partial charge on any atom is 0.0517 e. The lowest BCUT2D eigenvalue weighted by molar-refractivity contribution is 0.724. The minimum Gasteiger partial charge on any atom is -0.311 e. The van der Waals surface area contributed by atoms with E-state index in [2.05, 4.69) is 19.1 Å². The summed E-state index contributed by atoms with van der Waals surface area (Å²) in [6, 6.07) is 10.1. The maximum absolute atomic E-state index is 5.98. The fourth-order valence-electron chi connectivity index (χ4n) is 1.88.